The van der Waals surface area contributed by atoms with Gasteiger partial charge in [0.25, 0.3) is 0 Å². The van der Waals surface area contributed by atoms with Gasteiger partial charge in [0.1, 0.15) is 0 Å². The van der Waals surface area contributed by atoms with E-state index in [2.05, 4.69) is 53.7 Å². The fraction of sp³-hybridized carbons (Fsp3) is 0.467. The number of rotatable bonds is 7. The number of nitrogens with one attached hydrogen (secondary N) is 3. The number of aromatic amines is 1. The maximum atomic E-state index is 3.47. The Morgan fingerprint density at radius 1 is 1.06 bits per heavy atom. The molecule has 0 bridgehead atoms. The third kappa shape index (κ3) is 3.12. The normalized spacial score (nSPS) is 11.2. The second-order valence-corrected chi connectivity index (χ2v) is 4.63. The van der Waals surface area contributed by atoms with Crippen molar-refractivity contribution < 1.29 is 0 Å². The second-order valence-electron chi connectivity index (χ2n) is 4.63. The van der Waals surface area contributed by atoms with E-state index in [1.54, 1.807) is 0 Å². The molecule has 0 atom stereocenters. The van der Waals surface area contributed by atoms with Gasteiger partial charge in [-0.3, -0.25) is 0 Å². The van der Waals surface area contributed by atoms with Crippen LogP contribution in [0.2, 0.25) is 0 Å². The number of hydrogen-bond donors (Lipinski definition) is 3. The molecule has 0 saturated carbocycles. The molecule has 0 saturated heterocycles. The Labute approximate surface area is 109 Å². The van der Waals surface area contributed by atoms with Crippen LogP contribution in [0.25, 0.3) is 10.9 Å². The standard InChI is InChI=1S/C15H23N3/c1-3-16-10-11-17-9-8-13-12(2)18-15-7-5-4-6-14(13)15/h4-7,16-18H,3,8-11H2,1-2H3. The zero-order valence-corrected chi connectivity index (χ0v) is 11.3. The largest absolute Gasteiger partial charge is 0.358 e. The first-order valence-electron chi connectivity index (χ1n) is 6.80. The highest BCUT2D eigenvalue weighted by atomic mass is 14.9. The molecule has 18 heavy (non-hydrogen) atoms. The summed E-state index contributed by atoms with van der Waals surface area (Å²) in [7, 11) is 0. The highest BCUT2D eigenvalue weighted by Gasteiger charge is 2.06. The van der Waals surface area contributed by atoms with Gasteiger partial charge in [-0.15, -0.1) is 0 Å². The van der Waals surface area contributed by atoms with Crippen LogP contribution in [0.15, 0.2) is 24.3 Å². The number of benzene rings is 1. The van der Waals surface area contributed by atoms with Crippen LogP contribution in [-0.4, -0.2) is 31.2 Å². The monoisotopic (exact) mass is 245 g/mol. The first kappa shape index (κ1) is 13.1. The van der Waals surface area contributed by atoms with Crippen molar-refractivity contribution in [2.24, 2.45) is 0 Å². The molecule has 3 nitrogen and oxygen atoms in total. The average Bonchev–Trinajstić information content (AvgIpc) is 2.70. The van der Waals surface area contributed by atoms with Gasteiger partial charge in [-0.25, -0.2) is 0 Å². The summed E-state index contributed by atoms with van der Waals surface area (Å²) in [6.45, 7) is 8.46. The first-order valence-corrected chi connectivity index (χ1v) is 6.80. The predicted molar refractivity (Wildman–Crippen MR) is 78.2 cm³/mol. The van der Waals surface area contributed by atoms with Crippen LogP contribution in [0, 0.1) is 6.92 Å². The van der Waals surface area contributed by atoms with E-state index in [0.29, 0.717) is 0 Å². The van der Waals surface area contributed by atoms with Crippen LogP contribution >= 0.6 is 0 Å². The quantitative estimate of drug-likeness (QED) is 0.655. The summed E-state index contributed by atoms with van der Waals surface area (Å²) in [4.78, 5) is 3.45. The minimum atomic E-state index is 1.04. The summed E-state index contributed by atoms with van der Waals surface area (Å²) in [5, 5.41) is 8.15. The summed E-state index contributed by atoms with van der Waals surface area (Å²) < 4.78 is 0. The lowest BCUT2D eigenvalue weighted by molar-refractivity contribution is 0.624. The van der Waals surface area contributed by atoms with Gasteiger partial charge < -0.3 is 15.6 Å². The molecule has 0 amide bonds. The van der Waals surface area contributed by atoms with Crippen LogP contribution in [0.1, 0.15) is 18.2 Å². The molecule has 2 aromatic rings. The maximum Gasteiger partial charge on any atom is 0.0458 e. The molecule has 0 unspecified atom stereocenters. The van der Waals surface area contributed by atoms with Crippen LogP contribution < -0.4 is 10.6 Å². The minimum absolute atomic E-state index is 1.04. The Morgan fingerprint density at radius 3 is 2.67 bits per heavy atom. The lowest BCUT2D eigenvalue weighted by Crippen LogP contribution is -2.28. The summed E-state index contributed by atoms with van der Waals surface area (Å²) in [6.07, 6.45) is 1.09. The van der Waals surface area contributed by atoms with Crippen molar-refractivity contribution in [3.05, 3.63) is 35.5 Å². The van der Waals surface area contributed by atoms with E-state index in [9.17, 15) is 0 Å². The molecule has 0 spiro atoms. The highest BCUT2D eigenvalue weighted by Crippen LogP contribution is 2.21. The molecule has 0 aliphatic carbocycles. The molecular weight excluding hydrogens is 222 g/mol. The van der Waals surface area contributed by atoms with Crippen molar-refractivity contribution in [2.45, 2.75) is 20.3 Å². The number of H-pyrrole nitrogens is 1. The highest BCUT2D eigenvalue weighted by molar-refractivity contribution is 5.84. The van der Waals surface area contributed by atoms with Gasteiger partial charge >= 0.3 is 0 Å². The summed E-state index contributed by atoms with van der Waals surface area (Å²) in [5.41, 5.74) is 3.99. The number of aryl methyl sites for hydroxylation is 1. The molecule has 0 aliphatic rings. The Hall–Kier alpha value is -1.32. The van der Waals surface area contributed by atoms with Crippen molar-refractivity contribution >= 4 is 10.9 Å². The lowest BCUT2D eigenvalue weighted by atomic mass is 10.1. The van der Waals surface area contributed by atoms with Crippen LogP contribution in [-0.2, 0) is 6.42 Å². The van der Waals surface area contributed by atoms with Gasteiger partial charge in [-0.05, 0) is 38.1 Å². The summed E-state index contributed by atoms with van der Waals surface area (Å²) >= 11 is 0. The Kier molecular flexibility index (Phi) is 4.79. The minimum Gasteiger partial charge on any atom is -0.358 e. The fourth-order valence-electron chi connectivity index (χ4n) is 2.35. The van der Waals surface area contributed by atoms with Crippen LogP contribution in [0.3, 0.4) is 0 Å². The number of para-hydroxylation sites is 1. The van der Waals surface area contributed by atoms with Crippen molar-refractivity contribution in [2.75, 3.05) is 26.2 Å². The maximum absolute atomic E-state index is 3.47. The van der Waals surface area contributed by atoms with Gasteiger partial charge in [0.2, 0.25) is 0 Å². The molecule has 3 heteroatoms. The van der Waals surface area contributed by atoms with E-state index in [1.807, 2.05) is 0 Å². The predicted octanol–water partition coefficient (Wildman–Crippen LogP) is 2.22. The zero-order chi connectivity index (χ0) is 12.8. The Bertz CT molecular complexity index is 487. The van der Waals surface area contributed by atoms with E-state index in [4.69, 9.17) is 0 Å². The second kappa shape index (κ2) is 6.57. The van der Waals surface area contributed by atoms with E-state index < -0.39 is 0 Å². The van der Waals surface area contributed by atoms with E-state index in [0.717, 1.165) is 32.6 Å². The molecule has 1 heterocycles. The van der Waals surface area contributed by atoms with Crippen molar-refractivity contribution in [1.82, 2.24) is 15.6 Å². The molecule has 1 aromatic heterocycles. The molecule has 2 rings (SSSR count). The number of likely N-dealkylation sites (N-methyl/N-ethyl adjacent to an activating group) is 1. The molecule has 0 fully saturated rings. The average molecular weight is 245 g/mol. The smallest absolute Gasteiger partial charge is 0.0458 e. The third-order valence-corrected chi connectivity index (χ3v) is 3.31. The first-order chi connectivity index (χ1) is 8.83. The third-order valence-electron chi connectivity index (χ3n) is 3.31. The SMILES string of the molecule is CCNCCNCCc1c(C)[nH]c2ccccc12. The number of fused-ring (bicyclic) bond motifs is 1. The van der Waals surface area contributed by atoms with Gasteiger partial charge in [0.15, 0.2) is 0 Å². The van der Waals surface area contributed by atoms with Crippen LogP contribution in [0.4, 0.5) is 0 Å². The summed E-state index contributed by atoms with van der Waals surface area (Å²) in [5.74, 6) is 0. The van der Waals surface area contributed by atoms with E-state index in [-0.39, 0.29) is 0 Å². The lowest BCUT2D eigenvalue weighted by Gasteiger charge is -2.05. The van der Waals surface area contributed by atoms with Crippen molar-refractivity contribution in [1.29, 1.82) is 0 Å². The fourth-order valence-corrected chi connectivity index (χ4v) is 2.35. The molecule has 0 aliphatic heterocycles. The van der Waals surface area contributed by atoms with Gasteiger partial charge in [-0.1, -0.05) is 25.1 Å². The van der Waals surface area contributed by atoms with Gasteiger partial charge in [0.05, 0.1) is 0 Å². The summed E-state index contributed by atoms with van der Waals surface area (Å²) in [6, 6.07) is 8.53. The molecule has 0 radical (unpaired) electrons. The molecule has 1 aromatic carbocycles. The van der Waals surface area contributed by atoms with E-state index >= 15 is 0 Å². The number of hydrogen-bond acceptors (Lipinski definition) is 2. The molecule has 3 N–H and O–H groups in total. The Balaban J connectivity index is 1.89. The zero-order valence-electron chi connectivity index (χ0n) is 11.3. The van der Waals surface area contributed by atoms with Gasteiger partial charge in [-0.2, -0.15) is 0 Å². The molecular formula is C15H23N3. The topological polar surface area (TPSA) is 39.8 Å². The Morgan fingerprint density at radius 2 is 1.83 bits per heavy atom. The van der Waals surface area contributed by atoms with Crippen LogP contribution in [0.5, 0.6) is 0 Å². The van der Waals surface area contributed by atoms with Gasteiger partial charge in [0, 0.05) is 29.7 Å². The van der Waals surface area contributed by atoms with Crippen molar-refractivity contribution in [3.8, 4) is 0 Å². The van der Waals surface area contributed by atoms with Crippen molar-refractivity contribution in [3.63, 3.8) is 0 Å². The molecule has 98 valence electrons. The number of aromatic nitrogens is 1. The van der Waals surface area contributed by atoms with E-state index in [1.165, 1.54) is 22.2 Å².